The number of nitrogens with one attached hydrogen (secondary N) is 1. The molecule has 88 valence electrons. The summed E-state index contributed by atoms with van der Waals surface area (Å²) in [6.07, 6.45) is 8.11. The van der Waals surface area contributed by atoms with Crippen molar-refractivity contribution in [2.75, 3.05) is 11.9 Å². The standard InChI is InChI=1S/C12H18BrN3/c1-2-7-14-12-10(13)8-15-11(16-12)9-5-3-4-6-9/h8-9H,2-7H2,1H3,(H,14,15,16). The van der Waals surface area contributed by atoms with Gasteiger partial charge >= 0.3 is 0 Å². The van der Waals surface area contributed by atoms with Crippen LogP contribution in [0, 0.1) is 0 Å². The van der Waals surface area contributed by atoms with E-state index in [-0.39, 0.29) is 0 Å². The third-order valence-corrected chi connectivity index (χ3v) is 3.61. The summed E-state index contributed by atoms with van der Waals surface area (Å²) in [5, 5.41) is 3.33. The first kappa shape index (κ1) is 11.8. The third kappa shape index (κ3) is 2.73. The van der Waals surface area contributed by atoms with Gasteiger partial charge in [0.15, 0.2) is 0 Å². The van der Waals surface area contributed by atoms with Crippen LogP contribution in [-0.2, 0) is 0 Å². The van der Waals surface area contributed by atoms with Crippen molar-refractivity contribution < 1.29 is 0 Å². The Kier molecular flexibility index (Phi) is 4.16. The highest BCUT2D eigenvalue weighted by atomic mass is 79.9. The van der Waals surface area contributed by atoms with Crippen molar-refractivity contribution in [2.24, 2.45) is 0 Å². The maximum atomic E-state index is 4.62. The molecule has 1 heterocycles. The summed E-state index contributed by atoms with van der Waals surface area (Å²) in [6.45, 7) is 3.11. The van der Waals surface area contributed by atoms with E-state index in [1.165, 1.54) is 25.7 Å². The molecule has 1 aliphatic carbocycles. The van der Waals surface area contributed by atoms with Crippen molar-refractivity contribution in [1.29, 1.82) is 0 Å². The monoisotopic (exact) mass is 283 g/mol. The van der Waals surface area contributed by atoms with E-state index in [4.69, 9.17) is 0 Å². The van der Waals surface area contributed by atoms with Crippen LogP contribution in [0.25, 0.3) is 0 Å². The molecule has 0 atom stereocenters. The summed E-state index contributed by atoms with van der Waals surface area (Å²) in [5.41, 5.74) is 0. The fraction of sp³-hybridized carbons (Fsp3) is 0.667. The maximum Gasteiger partial charge on any atom is 0.144 e. The van der Waals surface area contributed by atoms with Gasteiger partial charge in [0, 0.05) is 18.7 Å². The Balaban J connectivity index is 2.13. The predicted molar refractivity (Wildman–Crippen MR) is 69.7 cm³/mol. The molecule has 4 heteroatoms. The second kappa shape index (κ2) is 5.62. The molecule has 0 aromatic carbocycles. The van der Waals surface area contributed by atoms with Gasteiger partial charge in [-0.25, -0.2) is 9.97 Å². The molecule has 1 fully saturated rings. The van der Waals surface area contributed by atoms with Gasteiger partial charge < -0.3 is 5.32 Å². The second-order valence-corrected chi connectivity index (χ2v) is 5.19. The highest BCUT2D eigenvalue weighted by Gasteiger charge is 2.20. The lowest BCUT2D eigenvalue weighted by Crippen LogP contribution is -2.07. The van der Waals surface area contributed by atoms with E-state index in [0.717, 1.165) is 29.1 Å². The average molecular weight is 284 g/mol. The fourth-order valence-electron chi connectivity index (χ4n) is 2.13. The number of hydrogen-bond acceptors (Lipinski definition) is 3. The van der Waals surface area contributed by atoms with Gasteiger partial charge in [-0.1, -0.05) is 19.8 Å². The first-order valence-corrected chi connectivity index (χ1v) is 6.87. The molecule has 1 aromatic heterocycles. The molecule has 0 spiro atoms. The molecule has 0 radical (unpaired) electrons. The molecule has 2 rings (SSSR count). The van der Waals surface area contributed by atoms with Crippen molar-refractivity contribution in [2.45, 2.75) is 44.9 Å². The van der Waals surface area contributed by atoms with Crippen LogP contribution < -0.4 is 5.32 Å². The van der Waals surface area contributed by atoms with Crippen molar-refractivity contribution in [1.82, 2.24) is 9.97 Å². The van der Waals surface area contributed by atoms with Crippen molar-refractivity contribution >= 4 is 21.7 Å². The molecule has 0 saturated heterocycles. The Bertz CT molecular complexity index is 348. The van der Waals surface area contributed by atoms with Crippen molar-refractivity contribution in [3.63, 3.8) is 0 Å². The normalized spacial score (nSPS) is 16.6. The molecule has 1 saturated carbocycles. The van der Waals surface area contributed by atoms with Crippen LogP contribution in [0.1, 0.15) is 50.8 Å². The van der Waals surface area contributed by atoms with Gasteiger partial charge in [-0.15, -0.1) is 0 Å². The Labute approximate surface area is 105 Å². The molecule has 0 amide bonds. The molecule has 0 aliphatic heterocycles. The molecule has 1 N–H and O–H groups in total. The van der Waals surface area contributed by atoms with Gasteiger partial charge in [-0.2, -0.15) is 0 Å². The zero-order valence-corrected chi connectivity index (χ0v) is 11.3. The Morgan fingerprint density at radius 2 is 2.19 bits per heavy atom. The van der Waals surface area contributed by atoms with Crippen LogP contribution in [-0.4, -0.2) is 16.5 Å². The van der Waals surface area contributed by atoms with Crippen LogP contribution in [0.3, 0.4) is 0 Å². The smallest absolute Gasteiger partial charge is 0.144 e. The number of hydrogen-bond donors (Lipinski definition) is 1. The zero-order valence-electron chi connectivity index (χ0n) is 9.67. The summed E-state index contributed by atoms with van der Waals surface area (Å²) >= 11 is 3.48. The van der Waals surface area contributed by atoms with Crippen molar-refractivity contribution in [3.05, 3.63) is 16.5 Å². The van der Waals surface area contributed by atoms with Crippen LogP contribution in [0.15, 0.2) is 10.7 Å². The molecular weight excluding hydrogens is 266 g/mol. The van der Waals surface area contributed by atoms with Crippen LogP contribution in [0.2, 0.25) is 0 Å². The van der Waals surface area contributed by atoms with Crippen LogP contribution in [0.5, 0.6) is 0 Å². The van der Waals surface area contributed by atoms with Crippen LogP contribution in [0.4, 0.5) is 5.82 Å². The summed E-state index contributed by atoms with van der Waals surface area (Å²) in [7, 11) is 0. The number of aromatic nitrogens is 2. The first-order valence-electron chi connectivity index (χ1n) is 6.07. The van der Waals surface area contributed by atoms with E-state index in [2.05, 4.69) is 38.1 Å². The van der Waals surface area contributed by atoms with E-state index >= 15 is 0 Å². The van der Waals surface area contributed by atoms with E-state index < -0.39 is 0 Å². The van der Waals surface area contributed by atoms with Crippen molar-refractivity contribution in [3.8, 4) is 0 Å². The number of rotatable bonds is 4. The first-order chi connectivity index (χ1) is 7.81. The largest absolute Gasteiger partial charge is 0.369 e. The summed E-state index contributed by atoms with van der Waals surface area (Å²) in [4.78, 5) is 9.05. The Morgan fingerprint density at radius 1 is 1.44 bits per heavy atom. The predicted octanol–water partition coefficient (Wildman–Crippen LogP) is 3.72. The van der Waals surface area contributed by atoms with E-state index in [1.807, 2.05) is 6.20 Å². The Hall–Kier alpha value is -0.640. The molecule has 0 bridgehead atoms. The minimum absolute atomic E-state index is 0.579. The molecule has 16 heavy (non-hydrogen) atoms. The summed E-state index contributed by atoms with van der Waals surface area (Å²) in [6, 6.07) is 0. The minimum atomic E-state index is 0.579. The lowest BCUT2D eigenvalue weighted by molar-refractivity contribution is 0.667. The number of anilines is 1. The Morgan fingerprint density at radius 3 is 2.88 bits per heavy atom. The van der Waals surface area contributed by atoms with Gasteiger partial charge in [0.25, 0.3) is 0 Å². The minimum Gasteiger partial charge on any atom is -0.369 e. The number of nitrogens with zero attached hydrogens (tertiary/aromatic N) is 2. The summed E-state index contributed by atoms with van der Waals surface area (Å²) < 4.78 is 0.961. The average Bonchev–Trinajstić information content (AvgIpc) is 2.81. The number of halogens is 1. The van der Waals surface area contributed by atoms with Gasteiger partial charge in [0.1, 0.15) is 11.6 Å². The van der Waals surface area contributed by atoms with Crippen LogP contribution >= 0.6 is 15.9 Å². The molecule has 3 nitrogen and oxygen atoms in total. The summed E-state index contributed by atoms with van der Waals surface area (Å²) in [5.74, 6) is 2.54. The zero-order chi connectivity index (χ0) is 11.4. The van der Waals surface area contributed by atoms with Gasteiger partial charge in [-0.3, -0.25) is 0 Å². The highest BCUT2D eigenvalue weighted by molar-refractivity contribution is 9.10. The lowest BCUT2D eigenvalue weighted by Gasteiger charge is -2.11. The maximum absolute atomic E-state index is 4.62. The topological polar surface area (TPSA) is 37.8 Å². The second-order valence-electron chi connectivity index (χ2n) is 4.33. The molecule has 0 unspecified atom stereocenters. The molecular formula is C12H18BrN3. The van der Waals surface area contributed by atoms with Gasteiger partial charge in [0.05, 0.1) is 4.47 Å². The third-order valence-electron chi connectivity index (χ3n) is 3.03. The molecule has 1 aliphatic rings. The van der Waals surface area contributed by atoms with E-state index in [0.29, 0.717) is 5.92 Å². The van der Waals surface area contributed by atoms with E-state index in [9.17, 15) is 0 Å². The highest BCUT2D eigenvalue weighted by Crippen LogP contribution is 2.33. The fourth-order valence-corrected chi connectivity index (χ4v) is 2.46. The quantitative estimate of drug-likeness (QED) is 0.915. The SMILES string of the molecule is CCCNc1nc(C2CCCC2)ncc1Br. The lowest BCUT2D eigenvalue weighted by atomic mass is 10.1. The van der Waals surface area contributed by atoms with Gasteiger partial charge in [0.2, 0.25) is 0 Å². The van der Waals surface area contributed by atoms with Gasteiger partial charge in [-0.05, 0) is 35.2 Å². The molecule has 1 aromatic rings. The van der Waals surface area contributed by atoms with E-state index in [1.54, 1.807) is 0 Å².